The van der Waals surface area contributed by atoms with Gasteiger partial charge in [0.05, 0.1) is 23.7 Å². The number of alkyl halides is 3. The summed E-state index contributed by atoms with van der Waals surface area (Å²) in [5.41, 5.74) is 0.769. The summed E-state index contributed by atoms with van der Waals surface area (Å²) in [6, 6.07) is 9.35. The van der Waals surface area contributed by atoms with E-state index >= 15 is 0 Å². The summed E-state index contributed by atoms with van der Waals surface area (Å²) in [6.45, 7) is -0.0454. The second-order valence-electron chi connectivity index (χ2n) is 5.76. The van der Waals surface area contributed by atoms with Crippen LogP contribution in [0.5, 0.6) is 0 Å². The van der Waals surface area contributed by atoms with Crippen LogP contribution in [0, 0.1) is 5.92 Å². The molecule has 7 heteroatoms. The van der Waals surface area contributed by atoms with Crippen LogP contribution in [0.2, 0.25) is 0 Å². The molecule has 0 aliphatic heterocycles. The minimum Gasteiger partial charge on any atom is -0.481 e. The Morgan fingerprint density at radius 3 is 2.54 bits per heavy atom. The lowest BCUT2D eigenvalue weighted by Gasteiger charge is -2.13. The molecule has 4 nitrogen and oxygen atoms in total. The molecule has 1 heterocycles. The fourth-order valence-electron chi connectivity index (χ4n) is 2.71. The maximum Gasteiger partial charge on any atom is 0.418 e. The summed E-state index contributed by atoms with van der Waals surface area (Å²) >= 11 is 0. The van der Waals surface area contributed by atoms with Crippen LogP contribution >= 0.6 is 0 Å². The standard InChI is InChI=1S/C17H15F3N2O2/c18-17(19,20)14-2-1-7-21-15(14)9-22-11-5-3-10(4-6-11)12-8-13(12)16(23)24/h1-7,12-13,22H,8-9H2,(H,23,24)/t12-,13+/m0/s1. The lowest BCUT2D eigenvalue weighted by atomic mass is 10.1. The van der Waals surface area contributed by atoms with Crippen LogP contribution in [0.25, 0.3) is 0 Å². The van der Waals surface area contributed by atoms with Crippen molar-refractivity contribution in [2.75, 3.05) is 5.32 Å². The fraction of sp³-hybridized carbons (Fsp3) is 0.294. The lowest BCUT2D eigenvalue weighted by molar-refractivity contribution is -0.139. The number of pyridine rings is 1. The van der Waals surface area contributed by atoms with Gasteiger partial charge in [0.2, 0.25) is 0 Å². The monoisotopic (exact) mass is 336 g/mol. The topological polar surface area (TPSA) is 62.2 Å². The number of nitrogens with one attached hydrogen (secondary N) is 1. The number of aliphatic carboxylic acids is 1. The highest BCUT2D eigenvalue weighted by Gasteiger charge is 2.44. The van der Waals surface area contributed by atoms with E-state index in [1.807, 2.05) is 0 Å². The highest BCUT2D eigenvalue weighted by molar-refractivity contribution is 5.75. The first kappa shape index (κ1) is 16.3. The van der Waals surface area contributed by atoms with Crippen LogP contribution in [0.15, 0.2) is 42.6 Å². The number of anilines is 1. The Balaban J connectivity index is 1.65. The van der Waals surface area contributed by atoms with E-state index in [1.165, 1.54) is 12.3 Å². The largest absolute Gasteiger partial charge is 0.481 e. The Morgan fingerprint density at radius 2 is 1.96 bits per heavy atom. The second-order valence-corrected chi connectivity index (χ2v) is 5.76. The first-order valence-corrected chi connectivity index (χ1v) is 7.44. The van der Waals surface area contributed by atoms with Gasteiger partial charge in [-0.3, -0.25) is 9.78 Å². The summed E-state index contributed by atoms with van der Waals surface area (Å²) in [6.07, 6.45) is -2.48. The molecule has 1 aliphatic carbocycles. The second kappa shape index (κ2) is 6.14. The zero-order chi connectivity index (χ0) is 17.3. The minimum absolute atomic E-state index is 0.0316. The SMILES string of the molecule is O=C(O)[C@@H]1C[C@H]1c1ccc(NCc2ncccc2C(F)(F)F)cc1. The van der Waals surface area contributed by atoms with E-state index in [0.29, 0.717) is 12.1 Å². The van der Waals surface area contributed by atoms with Gasteiger partial charge >= 0.3 is 12.1 Å². The molecule has 0 spiro atoms. The molecule has 1 fully saturated rings. The third kappa shape index (κ3) is 3.50. The van der Waals surface area contributed by atoms with Crippen LogP contribution in [0.3, 0.4) is 0 Å². The summed E-state index contributed by atoms with van der Waals surface area (Å²) in [7, 11) is 0. The molecule has 1 aromatic carbocycles. The molecule has 24 heavy (non-hydrogen) atoms. The number of rotatable bonds is 5. The van der Waals surface area contributed by atoms with E-state index in [-0.39, 0.29) is 24.1 Å². The molecular formula is C17H15F3N2O2. The normalized spacial score (nSPS) is 19.8. The van der Waals surface area contributed by atoms with E-state index in [1.54, 1.807) is 24.3 Å². The molecule has 2 atom stereocenters. The van der Waals surface area contributed by atoms with Crippen molar-refractivity contribution < 1.29 is 23.1 Å². The Bertz CT molecular complexity index is 744. The Kier molecular flexibility index (Phi) is 4.17. The molecule has 1 aromatic heterocycles. The molecule has 1 aliphatic rings. The number of carboxylic acids is 1. The van der Waals surface area contributed by atoms with Gasteiger partial charge in [-0.15, -0.1) is 0 Å². The Morgan fingerprint density at radius 1 is 1.25 bits per heavy atom. The zero-order valence-electron chi connectivity index (χ0n) is 12.5. The van der Waals surface area contributed by atoms with Crippen molar-refractivity contribution in [2.45, 2.75) is 25.1 Å². The Hall–Kier alpha value is -2.57. The smallest absolute Gasteiger partial charge is 0.418 e. The van der Waals surface area contributed by atoms with Crippen molar-refractivity contribution >= 4 is 11.7 Å². The average Bonchev–Trinajstić information content (AvgIpc) is 3.34. The van der Waals surface area contributed by atoms with Gasteiger partial charge in [-0.25, -0.2) is 0 Å². The minimum atomic E-state index is -4.44. The van der Waals surface area contributed by atoms with Gasteiger partial charge in [0, 0.05) is 11.9 Å². The number of nitrogens with zero attached hydrogens (tertiary/aromatic N) is 1. The number of halogens is 3. The lowest BCUT2D eigenvalue weighted by Crippen LogP contribution is -2.13. The van der Waals surface area contributed by atoms with Crippen molar-refractivity contribution in [3.8, 4) is 0 Å². The van der Waals surface area contributed by atoms with Gasteiger partial charge in [0.25, 0.3) is 0 Å². The maximum atomic E-state index is 12.9. The van der Waals surface area contributed by atoms with E-state index < -0.39 is 17.7 Å². The quantitative estimate of drug-likeness (QED) is 0.869. The first-order chi connectivity index (χ1) is 11.4. The van der Waals surface area contributed by atoms with Gasteiger partial charge in [0.1, 0.15) is 0 Å². The number of carbonyl (C=O) groups is 1. The van der Waals surface area contributed by atoms with Gasteiger partial charge in [-0.1, -0.05) is 12.1 Å². The molecule has 2 N–H and O–H groups in total. The summed E-state index contributed by atoms with van der Waals surface area (Å²) in [4.78, 5) is 14.7. The van der Waals surface area contributed by atoms with Crippen LogP contribution in [-0.2, 0) is 17.5 Å². The van der Waals surface area contributed by atoms with E-state index in [2.05, 4.69) is 10.3 Å². The van der Waals surface area contributed by atoms with E-state index in [9.17, 15) is 18.0 Å². The molecule has 3 rings (SSSR count). The molecule has 0 unspecified atom stereocenters. The van der Waals surface area contributed by atoms with E-state index in [0.717, 1.165) is 11.6 Å². The molecule has 1 saturated carbocycles. The Labute approximate surface area is 136 Å². The molecule has 0 amide bonds. The molecule has 0 bridgehead atoms. The maximum absolute atomic E-state index is 12.9. The molecule has 126 valence electrons. The van der Waals surface area contributed by atoms with Crippen LogP contribution in [-0.4, -0.2) is 16.1 Å². The molecular weight excluding hydrogens is 321 g/mol. The van der Waals surface area contributed by atoms with Crippen LogP contribution in [0.4, 0.5) is 18.9 Å². The highest BCUT2D eigenvalue weighted by atomic mass is 19.4. The number of aromatic nitrogens is 1. The highest BCUT2D eigenvalue weighted by Crippen LogP contribution is 2.47. The van der Waals surface area contributed by atoms with Gasteiger partial charge in [0.15, 0.2) is 0 Å². The van der Waals surface area contributed by atoms with Crippen molar-refractivity contribution in [3.63, 3.8) is 0 Å². The number of hydrogen-bond donors (Lipinski definition) is 2. The van der Waals surface area contributed by atoms with Crippen LogP contribution in [0.1, 0.15) is 29.2 Å². The number of benzene rings is 1. The predicted molar refractivity (Wildman–Crippen MR) is 81.5 cm³/mol. The summed E-state index contributed by atoms with van der Waals surface area (Å²) in [5.74, 6) is -1.09. The van der Waals surface area contributed by atoms with Gasteiger partial charge in [-0.2, -0.15) is 13.2 Å². The van der Waals surface area contributed by atoms with Crippen molar-refractivity contribution in [2.24, 2.45) is 5.92 Å². The third-order valence-corrected chi connectivity index (χ3v) is 4.10. The number of carboxylic acid groups (broad SMARTS) is 1. The van der Waals surface area contributed by atoms with Crippen molar-refractivity contribution in [1.29, 1.82) is 0 Å². The van der Waals surface area contributed by atoms with Crippen molar-refractivity contribution in [3.05, 3.63) is 59.4 Å². The van der Waals surface area contributed by atoms with E-state index in [4.69, 9.17) is 5.11 Å². The fourth-order valence-corrected chi connectivity index (χ4v) is 2.71. The average molecular weight is 336 g/mol. The zero-order valence-corrected chi connectivity index (χ0v) is 12.5. The summed E-state index contributed by atoms with van der Waals surface area (Å²) in [5, 5.41) is 11.8. The summed E-state index contributed by atoms with van der Waals surface area (Å²) < 4.78 is 38.7. The van der Waals surface area contributed by atoms with Gasteiger partial charge < -0.3 is 10.4 Å². The van der Waals surface area contributed by atoms with Crippen molar-refractivity contribution in [1.82, 2.24) is 4.98 Å². The number of hydrogen-bond acceptors (Lipinski definition) is 3. The predicted octanol–water partition coefficient (Wildman–Crippen LogP) is 3.90. The third-order valence-electron chi connectivity index (χ3n) is 4.10. The molecule has 2 aromatic rings. The van der Waals surface area contributed by atoms with Gasteiger partial charge in [-0.05, 0) is 42.2 Å². The molecule has 0 saturated heterocycles. The molecule has 0 radical (unpaired) electrons. The first-order valence-electron chi connectivity index (χ1n) is 7.44. The van der Waals surface area contributed by atoms with Crippen LogP contribution < -0.4 is 5.32 Å².